The molecule has 8 aromatic rings. The molecule has 0 spiro atoms. The average Bonchev–Trinajstić information content (AvgIpc) is 3.71. The lowest BCUT2D eigenvalue weighted by Crippen LogP contribution is -2.15. The van der Waals surface area contributed by atoms with Gasteiger partial charge in [0, 0.05) is 27.7 Å². The van der Waals surface area contributed by atoms with Crippen molar-refractivity contribution in [2.45, 2.75) is 0 Å². The number of hydrogen-bond donors (Lipinski definition) is 0. The maximum absolute atomic E-state index is 6.17. The fraction of sp³-hybridized carbons (Fsp3) is 0. The molecule has 0 N–H and O–H groups in total. The molecule has 0 fully saturated rings. The molecule has 0 saturated carbocycles. The van der Waals surface area contributed by atoms with Crippen molar-refractivity contribution in [3.63, 3.8) is 0 Å². The van der Waals surface area contributed by atoms with E-state index in [1.54, 1.807) is 0 Å². The van der Waals surface area contributed by atoms with Gasteiger partial charge in [-0.3, -0.25) is 0 Å². The lowest BCUT2D eigenvalue weighted by molar-refractivity contribution is 0.477. The van der Waals surface area contributed by atoms with E-state index in [1.165, 1.54) is 21.8 Å². The van der Waals surface area contributed by atoms with Gasteiger partial charge in [-0.1, -0.05) is 78.0 Å². The zero-order valence-corrected chi connectivity index (χ0v) is 23.6. The minimum Gasteiger partial charge on any atom is -0.453 e. The van der Waals surface area contributed by atoms with Crippen LogP contribution in [0.25, 0.3) is 44.4 Å². The fourth-order valence-electron chi connectivity index (χ4n) is 6.24. The molecule has 0 radical (unpaired) electrons. The monoisotopic (exact) mass is 567 g/mol. The summed E-state index contributed by atoms with van der Waals surface area (Å²) in [5.74, 6) is 1.67. The van der Waals surface area contributed by atoms with Crippen LogP contribution < -0.4 is 9.64 Å². The summed E-state index contributed by atoms with van der Waals surface area (Å²) >= 11 is 0. The molecule has 0 atom stereocenters. The second-order valence-electron chi connectivity index (χ2n) is 10.9. The highest BCUT2D eigenvalue weighted by atomic mass is 16.5. The number of hydrogen-bond acceptors (Lipinski definition) is 4. The Bertz CT molecular complexity index is 2220. The van der Waals surface area contributed by atoms with Crippen LogP contribution in [-0.2, 0) is 0 Å². The van der Waals surface area contributed by atoms with E-state index in [1.807, 2.05) is 47.3 Å². The third-order valence-corrected chi connectivity index (χ3v) is 8.30. The van der Waals surface area contributed by atoms with Crippen molar-refractivity contribution >= 4 is 38.9 Å². The number of nitrogens with zero attached hydrogens (tertiary/aromatic N) is 5. The molecule has 6 aromatic carbocycles. The van der Waals surface area contributed by atoms with E-state index < -0.39 is 0 Å². The SMILES string of the molecule is c1ccc2c(c1)Oc1ccccc1N2c1ccc(-n2cc(-c3ccc(-n4c5ccccc5c5ccccc54)cc3)nn2)cc1. The van der Waals surface area contributed by atoms with Gasteiger partial charge in [0.25, 0.3) is 0 Å². The number of fused-ring (bicyclic) bond motifs is 5. The number of rotatable bonds is 4. The molecule has 0 unspecified atom stereocenters. The predicted octanol–water partition coefficient (Wildman–Crippen LogP) is 9.61. The van der Waals surface area contributed by atoms with Gasteiger partial charge >= 0.3 is 0 Å². The van der Waals surface area contributed by atoms with Crippen LogP contribution in [0.1, 0.15) is 0 Å². The Morgan fingerprint density at radius 3 is 1.64 bits per heavy atom. The highest BCUT2D eigenvalue weighted by Crippen LogP contribution is 2.50. The standard InChI is InChI=1S/C38H25N5O/c1-3-11-33-30(9-1)31-10-2-4-12-34(31)42(33)28-19-17-26(18-20-28)32-25-41(40-39-32)27-21-23-29(24-22-27)43-35-13-5-7-15-37(35)44-38-16-8-6-14-36(38)43/h1-25H. The fourth-order valence-corrected chi connectivity index (χ4v) is 6.24. The molecule has 0 aliphatic carbocycles. The summed E-state index contributed by atoms with van der Waals surface area (Å²) in [4.78, 5) is 2.23. The minimum atomic E-state index is 0.818. The summed E-state index contributed by atoms with van der Waals surface area (Å²) in [6.45, 7) is 0. The van der Waals surface area contributed by atoms with E-state index in [0.29, 0.717) is 0 Å². The number of para-hydroxylation sites is 6. The quantitative estimate of drug-likeness (QED) is 0.212. The van der Waals surface area contributed by atoms with E-state index in [9.17, 15) is 0 Å². The first-order valence-electron chi connectivity index (χ1n) is 14.6. The Balaban J connectivity index is 1.02. The maximum Gasteiger partial charge on any atom is 0.151 e. The Hall–Kier alpha value is -6.14. The van der Waals surface area contributed by atoms with Gasteiger partial charge in [-0.15, -0.1) is 5.10 Å². The van der Waals surface area contributed by atoms with Crippen molar-refractivity contribution in [3.05, 3.63) is 152 Å². The molecule has 3 heterocycles. The first kappa shape index (κ1) is 24.5. The van der Waals surface area contributed by atoms with Crippen LogP contribution in [0.5, 0.6) is 11.5 Å². The predicted molar refractivity (Wildman–Crippen MR) is 176 cm³/mol. The van der Waals surface area contributed by atoms with E-state index in [4.69, 9.17) is 4.74 Å². The van der Waals surface area contributed by atoms with E-state index in [2.05, 4.69) is 129 Å². The Labute approximate surface area is 253 Å². The summed E-state index contributed by atoms with van der Waals surface area (Å²) in [7, 11) is 0. The van der Waals surface area contributed by atoms with Gasteiger partial charge in [-0.25, -0.2) is 4.68 Å². The molecule has 0 saturated heterocycles. The van der Waals surface area contributed by atoms with Crippen LogP contribution in [0.2, 0.25) is 0 Å². The Morgan fingerprint density at radius 1 is 0.477 bits per heavy atom. The third kappa shape index (κ3) is 3.82. The lowest BCUT2D eigenvalue weighted by atomic mass is 10.1. The van der Waals surface area contributed by atoms with E-state index in [0.717, 1.165) is 51.2 Å². The van der Waals surface area contributed by atoms with Gasteiger partial charge in [0.15, 0.2) is 11.5 Å². The number of aromatic nitrogens is 4. The van der Waals surface area contributed by atoms with E-state index >= 15 is 0 Å². The van der Waals surface area contributed by atoms with Crippen molar-refractivity contribution in [1.82, 2.24) is 19.6 Å². The average molecular weight is 568 g/mol. The second kappa shape index (κ2) is 9.71. The van der Waals surface area contributed by atoms with Crippen LogP contribution in [0.3, 0.4) is 0 Å². The molecule has 44 heavy (non-hydrogen) atoms. The van der Waals surface area contributed by atoms with Crippen LogP contribution in [0, 0.1) is 0 Å². The molecule has 6 nitrogen and oxygen atoms in total. The number of ether oxygens (including phenoxy) is 1. The highest BCUT2D eigenvalue weighted by molar-refractivity contribution is 6.09. The van der Waals surface area contributed by atoms with Crippen LogP contribution in [-0.4, -0.2) is 19.6 Å². The number of benzene rings is 6. The molecule has 2 aromatic heterocycles. The normalized spacial score (nSPS) is 12.2. The lowest BCUT2D eigenvalue weighted by Gasteiger charge is -2.32. The van der Waals surface area contributed by atoms with Gasteiger partial charge in [0.2, 0.25) is 0 Å². The second-order valence-corrected chi connectivity index (χ2v) is 10.9. The topological polar surface area (TPSA) is 48.1 Å². The first-order chi connectivity index (χ1) is 21.8. The first-order valence-corrected chi connectivity index (χ1v) is 14.6. The maximum atomic E-state index is 6.17. The van der Waals surface area contributed by atoms with Crippen LogP contribution in [0.15, 0.2) is 152 Å². The summed E-state index contributed by atoms with van der Waals surface area (Å²) < 4.78 is 10.3. The van der Waals surface area contributed by atoms with Crippen molar-refractivity contribution in [1.29, 1.82) is 0 Å². The largest absolute Gasteiger partial charge is 0.453 e. The molecule has 208 valence electrons. The Kier molecular flexibility index (Phi) is 5.40. The van der Waals surface area contributed by atoms with Gasteiger partial charge in [0.1, 0.15) is 5.69 Å². The summed E-state index contributed by atoms with van der Waals surface area (Å²) in [6.07, 6.45) is 1.98. The molecule has 1 aliphatic heterocycles. The van der Waals surface area contributed by atoms with Crippen molar-refractivity contribution < 1.29 is 4.74 Å². The molecule has 0 amide bonds. The van der Waals surface area contributed by atoms with Crippen molar-refractivity contribution in [2.24, 2.45) is 0 Å². The Morgan fingerprint density at radius 2 is 1.00 bits per heavy atom. The van der Waals surface area contributed by atoms with Gasteiger partial charge in [-0.2, -0.15) is 0 Å². The molecular formula is C38H25N5O. The van der Waals surface area contributed by atoms with Gasteiger partial charge in [-0.05, 0) is 72.8 Å². The summed E-state index contributed by atoms with van der Waals surface area (Å²) in [5.41, 5.74) is 9.32. The van der Waals surface area contributed by atoms with Gasteiger partial charge < -0.3 is 14.2 Å². The molecule has 9 rings (SSSR count). The highest BCUT2D eigenvalue weighted by Gasteiger charge is 2.25. The smallest absolute Gasteiger partial charge is 0.151 e. The number of anilines is 3. The van der Waals surface area contributed by atoms with Gasteiger partial charge in [0.05, 0.1) is 34.3 Å². The zero-order chi connectivity index (χ0) is 29.0. The molecular weight excluding hydrogens is 542 g/mol. The molecule has 1 aliphatic rings. The minimum absolute atomic E-state index is 0.818. The summed E-state index contributed by atoms with van der Waals surface area (Å²) in [6, 6.07) is 50.2. The third-order valence-electron chi connectivity index (χ3n) is 8.30. The van der Waals surface area contributed by atoms with Crippen LogP contribution in [0.4, 0.5) is 17.1 Å². The van der Waals surface area contributed by atoms with Crippen molar-refractivity contribution in [3.8, 4) is 34.1 Å². The summed E-state index contributed by atoms with van der Waals surface area (Å²) in [5, 5.41) is 11.5. The van der Waals surface area contributed by atoms with Crippen molar-refractivity contribution in [2.75, 3.05) is 4.90 Å². The zero-order valence-electron chi connectivity index (χ0n) is 23.6. The van der Waals surface area contributed by atoms with Crippen LogP contribution >= 0.6 is 0 Å². The van der Waals surface area contributed by atoms with E-state index in [-0.39, 0.29) is 0 Å². The molecule has 0 bridgehead atoms. The molecule has 6 heteroatoms.